The second-order valence-electron chi connectivity index (χ2n) is 5.27. The maximum absolute atomic E-state index is 12.2. The van der Waals surface area contributed by atoms with Gasteiger partial charge in [0.15, 0.2) is 11.5 Å². The number of oxazole rings is 1. The minimum absolute atomic E-state index is 0.295. The molecule has 2 aromatic rings. The number of carbonyl (C=O) groups excluding carboxylic acids is 1. The van der Waals surface area contributed by atoms with Gasteiger partial charge in [-0.1, -0.05) is 18.2 Å². The van der Waals surface area contributed by atoms with E-state index >= 15 is 0 Å². The Bertz CT molecular complexity index is 651. The molecule has 6 heteroatoms. The van der Waals surface area contributed by atoms with Gasteiger partial charge in [0, 0.05) is 30.2 Å². The Morgan fingerprint density at radius 1 is 1.30 bits per heavy atom. The summed E-state index contributed by atoms with van der Waals surface area (Å²) in [6.45, 7) is 4.70. The van der Waals surface area contributed by atoms with Gasteiger partial charge < -0.3 is 9.15 Å². The summed E-state index contributed by atoms with van der Waals surface area (Å²) in [6.07, 6.45) is 0. The highest BCUT2D eigenvalue weighted by atomic mass is 32.2. The molecule has 5 nitrogen and oxygen atoms in total. The SMILES string of the molecule is CCOC(=O)c1nc(-c2ccccc2)oc1CN1CCSCC1. The van der Waals surface area contributed by atoms with E-state index in [-0.39, 0.29) is 0 Å². The summed E-state index contributed by atoms with van der Waals surface area (Å²) in [4.78, 5) is 18.9. The zero-order chi connectivity index (χ0) is 16.1. The number of nitrogens with zero attached hydrogens (tertiary/aromatic N) is 2. The molecule has 0 N–H and O–H groups in total. The number of esters is 1. The van der Waals surface area contributed by atoms with E-state index in [0.717, 1.165) is 30.2 Å². The van der Waals surface area contributed by atoms with E-state index in [0.29, 0.717) is 30.5 Å². The molecule has 0 saturated carbocycles. The number of aromatic nitrogens is 1. The Morgan fingerprint density at radius 2 is 2.04 bits per heavy atom. The molecule has 3 rings (SSSR count). The predicted molar refractivity (Wildman–Crippen MR) is 90.5 cm³/mol. The number of thioether (sulfide) groups is 1. The van der Waals surface area contributed by atoms with Crippen molar-refractivity contribution < 1.29 is 13.9 Å². The first kappa shape index (κ1) is 16.1. The van der Waals surface area contributed by atoms with Gasteiger partial charge in [-0.15, -0.1) is 0 Å². The van der Waals surface area contributed by atoms with Gasteiger partial charge in [0.25, 0.3) is 0 Å². The lowest BCUT2D eigenvalue weighted by Crippen LogP contribution is -2.32. The molecular formula is C17H20N2O3S. The fraction of sp³-hybridized carbons (Fsp3) is 0.412. The number of ether oxygens (including phenoxy) is 1. The second-order valence-corrected chi connectivity index (χ2v) is 6.49. The first-order valence-electron chi connectivity index (χ1n) is 7.80. The fourth-order valence-electron chi connectivity index (χ4n) is 2.48. The zero-order valence-electron chi connectivity index (χ0n) is 13.2. The van der Waals surface area contributed by atoms with E-state index in [9.17, 15) is 4.79 Å². The van der Waals surface area contributed by atoms with Crippen molar-refractivity contribution >= 4 is 17.7 Å². The maximum Gasteiger partial charge on any atom is 0.360 e. The van der Waals surface area contributed by atoms with Crippen LogP contribution < -0.4 is 0 Å². The largest absolute Gasteiger partial charge is 0.461 e. The Morgan fingerprint density at radius 3 is 2.74 bits per heavy atom. The molecule has 0 unspecified atom stereocenters. The monoisotopic (exact) mass is 332 g/mol. The van der Waals surface area contributed by atoms with Gasteiger partial charge in [-0.25, -0.2) is 9.78 Å². The molecule has 0 spiro atoms. The summed E-state index contributed by atoms with van der Waals surface area (Å²) >= 11 is 1.95. The average Bonchev–Trinajstić information content (AvgIpc) is 3.01. The Hall–Kier alpha value is -1.79. The molecule has 1 saturated heterocycles. The molecule has 0 radical (unpaired) electrons. The van der Waals surface area contributed by atoms with Crippen molar-refractivity contribution in [2.45, 2.75) is 13.5 Å². The van der Waals surface area contributed by atoms with Crippen LogP contribution in [0.5, 0.6) is 0 Å². The summed E-state index contributed by atoms with van der Waals surface area (Å²) in [7, 11) is 0. The third-order valence-corrected chi connectivity index (χ3v) is 4.60. The summed E-state index contributed by atoms with van der Waals surface area (Å²) in [5.41, 5.74) is 1.16. The van der Waals surface area contributed by atoms with E-state index in [4.69, 9.17) is 9.15 Å². The minimum Gasteiger partial charge on any atom is -0.461 e. The third kappa shape index (κ3) is 3.95. The summed E-state index contributed by atoms with van der Waals surface area (Å²) < 4.78 is 11.0. The fourth-order valence-corrected chi connectivity index (χ4v) is 3.46. The number of carbonyl (C=O) groups is 1. The van der Waals surface area contributed by atoms with E-state index in [1.54, 1.807) is 6.92 Å². The van der Waals surface area contributed by atoms with Crippen LogP contribution in [0.25, 0.3) is 11.5 Å². The van der Waals surface area contributed by atoms with Crippen LogP contribution >= 0.6 is 11.8 Å². The van der Waals surface area contributed by atoms with Crippen molar-refractivity contribution in [1.82, 2.24) is 9.88 Å². The van der Waals surface area contributed by atoms with Crippen LogP contribution in [0, 0.1) is 0 Å². The van der Waals surface area contributed by atoms with Gasteiger partial charge >= 0.3 is 5.97 Å². The normalized spacial score (nSPS) is 15.5. The number of rotatable bonds is 5. The second kappa shape index (κ2) is 7.66. The zero-order valence-corrected chi connectivity index (χ0v) is 14.0. The molecule has 1 aromatic carbocycles. The minimum atomic E-state index is -0.417. The van der Waals surface area contributed by atoms with Gasteiger partial charge in [-0.05, 0) is 19.1 Å². The van der Waals surface area contributed by atoms with Crippen LogP contribution in [0.4, 0.5) is 0 Å². The highest BCUT2D eigenvalue weighted by Crippen LogP contribution is 2.24. The van der Waals surface area contributed by atoms with Crippen molar-refractivity contribution in [2.24, 2.45) is 0 Å². The lowest BCUT2D eigenvalue weighted by atomic mass is 10.2. The highest BCUT2D eigenvalue weighted by molar-refractivity contribution is 7.99. The van der Waals surface area contributed by atoms with Crippen LogP contribution in [0.15, 0.2) is 34.7 Å². The first-order chi connectivity index (χ1) is 11.3. The van der Waals surface area contributed by atoms with E-state index < -0.39 is 5.97 Å². The van der Waals surface area contributed by atoms with E-state index in [1.807, 2.05) is 42.1 Å². The average molecular weight is 332 g/mol. The molecule has 1 aromatic heterocycles. The molecule has 0 amide bonds. The van der Waals surface area contributed by atoms with Crippen molar-refractivity contribution in [2.75, 3.05) is 31.2 Å². The number of benzene rings is 1. The van der Waals surface area contributed by atoms with Crippen LogP contribution in [-0.4, -0.2) is 47.1 Å². The van der Waals surface area contributed by atoms with Gasteiger partial charge in [0.1, 0.15) is 0 Å². The summed E-state index contributed by atoms with van der Waals surface area (Å²) in [6, 6.07) is 9.62. The lowest BCUT2D eigenvalue weighted by Gasteiger charge is -2.25. The maximum atomic E-state index is 12.2. The highest BCUT2D eigenvalue weighted by Gasteiger charge is 2.24. The van der Waals surface area contributed by atoms with E-state index in [2.05, 4.69) is 9.88 Å². The van der Waals surface area contributed by atoms with Crippen LogP contribution in [-0.2, 0) is 11.3 Å². The number of hydrogen-bond donors (Lipinski definition) is 0. The molecule has 0 bridgehead atoms. The smallest absolute Gasteiger partial charge is 0.360 e. The van der Waals surface area contributed by atoms with Crippen molar-refractivity contribution in [3.8, 4) is 11.5 Å². The van der Waals surface area contributed by atoms with E-state index in [1.165, 1.54) is 0 Å². The molecule has 0 atom stereocenters. The molecule has 1 aliphatic heterocycles. The Kier molecular flexibility index (Phi) is 5.35. The topological polar surface area (TPSA) is 55.6 Å². The first-order valence-corrected chi connectivity index (χ1v) is 8.95. The summed E-state index contributed by atoms with van der Waals surface area (Å²) in [5, 5.41) is 0. The molecular weight excluding hydrogens is 312 g/mol. The molecule has 1 aliphatic rings. The molecule has 1 fully saturated rings. The van der Waals surface area contributed by atoms with Gasteiger partial charge in [0.2, 0.25) is 5.89 Å². The molecule has 23 heavy (non-hydrogen) atoms. The molecule has 2 heterocycles. The van der Waals surface area contributed by atoms with Crippen molar-refractivity contribution in [3.63, 3.8) is 0 Å². The standard InChI is InChI=1S/C17H20N2O3S/c1-2-21-17(20)15-14(12-19-8-10-23-11-9-19)22-16(18-15)13-6-4-3-5-7-13/h3-7H,2,8-12H2,1H3. The molecule has 0 aliphatic carbocycles. The van der Waals surface area contributed by atoms with Crippen molar-refractivity contribution in [1.29, 1.82) is 0 Å². The van der Waals surface area contributed by atoms with Gasteiger partial charge in [-0.2, -0.15) is 11.8 Å². The Labute approximate surface area is 140 Å². The quantitative estimate of drug-likeness (QED) is 0.784. The van der Waals surface area contributed by atoms with Crippen molar-refractivity contribution in [3.05, 3.63) is 41.8 Å². The third-order valence-electron chi connectivity index (χ3n) is 3.66. The Balaban J connectivity index is 1.88. The number of hydrogen-bond acceptors (Lipinski definition) is 6. The summed E-state index contributed by atoms with van der Waals surface area (Å²) in [5.74, 6) is 2.85. The molecule has 122 valence electrons. The predicted octanol–water partition coefficient (Wildman–Crippen LogP) is 3.07. The van der Waals surface area contributed by atoms with Gasteiger partial charge in [0.05, 0.1) is 13.2 Å². The van der Waals surface area contributed by atoms with Crippen LogP contribution in [0.3, 0.4) is 0 Å². The van der Waals surface area contributed by atoms with Gasteiger partial charge in [-0.3, -0.25) is 4.90 Å². The van der Waals surface area contributed by atoms with Crippen LogP contribution in [0.2, 0.25) is 0 Å². The lowest BCUT2D eigenvalue weighted by molar-refractivity contribution is 0.0516. The van der Waals surface area contributed by atoms with Crippen LogP contribution in [0.1, 0.15) is 23.2 Å².